The van der Waals surface area contributed by atoms with Crippen LogP contribution < -0.4 is 16.0 Å². The summed E-state index contributed by atoms with van der Waals surface area (Å²) in [4.78, 5) is 45.0. The summed E-state index contributed by atoms with van der Waals surface area (Å²) in [5, 5.41) is 10.1. The Morgan fingerprint density at radius 1 is 1.24 bits per heavy atom. The first kappa shape index (κ1) is 29.6. The van der Waals surface area contributed by atoms with E-state index in [9.17, 15) is 28.3 Å². The Labute approximate surface area is 241 Å². The molecule has 1 aliphatic rings. The van der Waals surface area contributed by atoms with Crippen molar-refractivity contribution < 1.29 is 37.3 Å². The lowest BCUT2D eigenvalue weighted by molar-refractivity contribution is -0.146. The molecule has 1 fully saturated rings. The van der Waals surface area contributed by atoms with E-state index < -0.39 is 35.5 Å². The number of aliphatic carboxylic acids is 1. The van der Waals surface area contributed by atoms with Crippen LogP contribution in [0, 0.1) is 6.92 Å². The Kier molecular flexibility index (Phi) is 8.30. The second-order valence-corrected chi connectivity index (χ2v) is 11.3. The van der Waals surface area contributed by atoms with Gasteiger partial charge in [0.25, 0.3) is 5.56 Å². The number of rotatable bonds is 10. The zero-order chi connectivity index (χ0) is 30.2. The summed E-state index contributed by atoms with van der Waals surface area (Å²) in [6.07, 6.45) is 2.58. The van der Waals surface area contributed by atoms with E-state index in [1.807, 2.05) is 0 Å². The van der Waals surface area contributed by atoms with Crippen LogP contribution in [0.25, 0.3) is 21.0 Å². The van der Waals surface area contributed by atoms with Crippen molar-refractivity contribution >= 4 is 27.5 Å². The van der Waals surface area contributed by atoms with Gasteiger partial charge in [-0.3, -0.25) is 9.36 Å². The molecule has 0 radical (unpaired) electrons. The molecule has 0 bridgehead atoms. The number of thiophene rings is 1. The Hall–Kier alpha value is -3.88. The molecule has 224 valence electrons. The normalized spacial score (nSPS) is 15.4. The summed E-state index contributed by atoms with van der Waals surface area (Å²) in [5.74, 6) is -1.29. The number of ether oxygens (including phenoxy) is 3. The molecule has 5 rings (SSSR count). The number of carboxylic acids is 1. The van der Waals surface area contributed by atoms with Gasteiger partial charge in [-0.05, 0) is 45.2 Å². The predicted octanol–water partition coefficient (Wildman–Crippen LogP) is 4.55. The number of carboxylic acid groups (broad SMARTS) is 1. The molecule has 1 aromatic carbocycles. The number of para-hydroxylation sites is 1. The average molecular weight is 606 g/mol. The molecule has 0 aliphatic carbocycles. The van der Waals surface area contributed by atoms with E-state index in [-0.39, 0.29) is 40.1 Å². The molecule has 3 aromatic heterocycles. The van der Waals surface area contributed by atoms with Gasteiger partial charge in [-0.25, -0.2) is 19.1 Å². The van der Waals surface area contributed by atoms with Crippen molar-refractivity contribution in [3.05, 3.63) is 68.7 Å². The number of hydrogen-bond acceptors (Lipinski definition) is 9. The van der Waals surface area contributed by atoms with E-state index in [2.05, 4.69) is 4.98 Å². The van der Waals surface area contributed by atoms with E-state index >= 15 is 0 Å². The number of alkyl halides is 2. The second kappa shape index (κ2) is 11.8. The molecule has 1 N–H and O–H groups in total. The van der Waals surface area contributed by atoms with Gasteiger partial charge in [0.05, 0.1) is 29.1 Å². The zero-order valence-electron chi connectivity index (χ0n) is 23.0. The summed E-state index contributed by atoms with van der Waals surface area (Å²) >= 11 is 1.08. The molecular formula is C28H29F2N3O8S. The molecule has 1 unspecified atom stereocenters. The molecule has 4 heterocycles. The van der Waals surface area contributed by atoms with Gasteiger partial charge in [-0.15, -0.1) is 11.3 Å². The van der Waals surface area contributed by atoms with Gasteiger partial charge in [-0.1, -0.05) is 18.2 Å². The molecule has 42 heavy (non-hydrogen) atoms. The first-order valence-corrected chi connectivity index (χ1v) is 14.0. The van der Waals surface area contributed by atoms with Crippen LogP contribution in [0.5, 0.6) is 5.75 Å². The van der Waals surface area contributed by atoms with Crippen LogP contribution in [-0.4, -0.2) is 51.1 Å². The maximum Gasteiger partial charge on any atom is 0.387 e. The highest BCUT2D eigenvalue weighted by atomic mass is 32.1. The molecule has 0 saturated carbocycles. The molecule has 0 amide bonds. The van der Waals surface area contributed by atoms with Gasteiger partial charge in [-0.2, -0.15) is 8.78 Å². The fourth-order valence-electron chi connectivity index (χ4n) is 5.01. The van der Waals surface area contributed by atoms with Gasteiger partial charge >= 0.3 is 18.3 Å². The van der Waals surface area contributed by atoms with E-state index in [1.165, 1.54) is 43.0 Å². The van der Waals surface area contributed by atoms with Crippen LogP contribution in [0.4, 0.5) is 8.78 Å². The Balaban J connectivity index is 1.75. The molecule has 11 nitrogen and oxygen atoms in total. The highest BCUT2D eigenvalue weighted by molar-refractivity contribution is 7.22. The number of carbonyl (C=O) groups is 1. The number of oxazole rings is 1. The Bertz CT molecular complexity index is 1700. The lowest BCUT2D eigenvalue weighted by Crippen LogP contribution is -2.52. The van der Waals surface area contributed by atoms with Crippen LogP contribution in [-0.2, 0) is 26.4 Å². The van der Waals surface area contributed by atoms with Crippen molar-refractivity contribution in [2.45, 2.75) is 64.5 Å². The maximum atomic E-state index is 14.1. The van der Waals surface area contributed by atoms with E-state index in [4.69, 9.17) is 18.6 Å². The van der Waals surface area contributed by atoms with Crippen molar-refractivity contribution in [2.75, 3.05) is 13.2 Å². The van der Waals surface area contributed by atoms with Gasteiger partial charge in [0.2, 0.25) is 5.89 Å². The van der Waals surface area contributed by atoms with Crippen molar-refractivity contribution in [1.29, 1.82) is 0 Å². The quantitative estimate of drug-likeness (QED) is 0.276. The second-order valence-electron chi connectivity index (χ2n) is 10.3. The SMILES string of the molecule is Cc1c(-c2ncco2)sc2c1c(=O)n(C(C)(C)C(=O)O)c(=O)n2CC(OC1CCOCC1)c1ccccc1OC(F)F. The third-order valence-electron chi connectivity index (χ3n) is 7.28. The van der Waals surface area contributed by atoms with Crippen LogP contribution in [0.1, 0.15) is 43.9 Å². The lowest BCUT2D eigenvalue weighted by atomic mass is 10.0. The van der Waals surface area contributed by atoms with Gasteiger partial charge in [0, 0.05) is 18.8 Å². The molecular weight excluding hydrogens is 576 g/mol. The fourth-order valence-corrected chi connectivity index (χ4v) is 6.25. The number of benzene rings is 1. The minimum Gasteiger partial charge on any atom is -0.480 e. The molecule has 1 atom stereocenters. The summed E-state index contributed by atoms with van der Waals surface area (Å²) in [6.45, 7) is 1.72. The summed E-state index contributed by atoms with van der Waals surface area (Å²) in [7, 11) is 0. The van der Waals surface area contributed by atoms with Crippen molar-refractivity contribution in [2.24, 2.45) is 0 Å². The summed E-state index contributed by atoms with van der Waals surface area (Å²) in [5.41, 5.74) is -2.88. The van der Waals surface area contributed by atoms with E-state index in [1.54, 1.807) is 19.1 Å². The number of fused-ring (bicyclic) bond motifs is 1. The molecule has 4 aromatic rings. The Morgan fingerprint density at radius 3 is 2.60 bits per heavy atom. The molecule has 1 aliphatic heterocycles. The summed E-state index contributed by atoms with van der Waals surface area (Å²) in [6, 6.07) is 6.12. The van der Waals surface area contributed by atoms with Crippen molar-refractivity contribution in [3.8, 4) is 16.5 Å². The monoisotopic (exact) mass is 605 g/mol. The average Bonchev–Trinajstić information content (AvgIpc) is 3.59. The highest BCUT2D eigenvalue weighted by Gasteiger charge is 2.36. The number of aryl methyl sites for hydroxylation is 1. The van der Waals surface area contributed by atoms with E-state index in [0.29, 0.717) is 41.1 Å². The molecule has 14 heteroatoms. The zero-order valence-corrected chi connectivity index (χ0v) is 23.9. The number of aromatic nitrogens is 3. The first-order valence-electron chi connectivity index (χ1n) is 13.2. The number of halogens is 2. The highest BCUT2D eigenvalue weighted by Crippen LogP contribution is 2.38. The summed E-state index contributed by atoms with van der Waals surface area (Å²) < 4.78 is 50.8. The van der Waals surface area contributed by atoms with Crippen LogP contribution in [0.2, 0.25) is 0 Å². The third-order valence-corrected chi connectivity index (χ3v) is 8.58. The maximum absolute atomic E-state index is 14.1. The van der Waals surface area contributed by atoms with Crippen LogP contribution in [0.3, 0.4) is 0 Å². The Morgan fingerprint density at radius 2 is 1.95 bits per heavy atom. The van der Waals surface area contributed by atoms with Gasteiger partial charge in [0.15, 0.2) is 0 Å². The fraction of sp³-hybridized carbons (Fsp3) is 0.429. The third kappa shape index (κ3) is 5.49. The largest absolute Gasteiger partial charge is 0.480 e. The molecule has 1 saturated heterocycles. The minimum atomic E-state index is -3.11. The van der Waals surface area contributed by atoms with Gasteiger partial charge < -0.3 is 23.7 Å². The number of hydrogen-bond donors (Lipinski definition) is 1. The van der Waals surface area contributed by atoms with E-state index in [0.717, 1.165) is 11.3 Å². The minimum absolute atomic E-state index is 0.115. The number of nitrogens with zero attached hydrogens (tertiary/aromatic N) is 3. The first-order chi connectivity index (χ1) is 20.0. The topological polar surface area (TPSA) is 135 Å². The predicted molar refractivity (Wildman–Crippen MR) is 148 cm³/mol. The smallest absolute Gasteiger partial charge is 0.387 e. The van der Waals surface area contributed by atoms with Crippen molar-refractivity contribution in [1.82, 2.24) is 14.1 Å². The van der Waals surface area contributed by atoms with Crippen molar-refractivity contribution in [3.63, 3.8) is 0 Å². The lowest BCUT2D eigenvalue weighted by Gasteiger charge is -2.30. The standard InChI is InChI=1S/C28H29F2N3O8S/c1-15-20-23(34)33(28(2,3)25(35)36)27(37)32(24(20)42-21(15)22-31-10-13-39-22)14-19(40-16-8-11-38-12-9-16)17-6-4-5-7-18(17)41-26(29)30/h4-7,10,13,16,19,26H,8-9,11-12,14H2,1-3H3,(H,35,36). The van der Waals surface area contributed by atoms with Gasteiger partial charge in [0.1, 0.15) is 28.5 Å². The molecule has 0 spiro atoms. The van der Waals surface area contributed by atoms with Crippen LogP contribution in [0.15, 0.2) is 50.7 Å². The van der Waals surface area contributed by atoms with Crippen LogP contribution >= 0.6 is 11.3 Å².